The molecule has 0 aromatic heterocycles. The quantitative estimate of drug-likeness (QED) is 0.373. The van der Waals surface area contributed by atoms with E-state index in [-0.39, 0.29) is 6.07 Å². The van der Waals surface area contributed by atoms with Crippen LogP contribution < -0.4 is 9.55 Å². The third-order valence-electron chi connectivity index (χ3n) is 3.18. The molecule has 0 spiro atoms. The molecule has 9 heteroatoms. The highest BCUT2D eigenvalue weighted by atomic mass is 19.2. The van der Waals surface area contributed by atoms with Gasteiger partial charge in [0.25, 0.3) is 0 Å². The minimum atomic E-state index is -2.52. The SMILES string of the molecule is CCN(CC)c1ccccc1.OB(O)Oc1c(F)cc(F)c(F)c1F. The lowest BCUT2D eigenvalue weighted by Gasteiger charge is -2.20. The molecule has 0 bridgehead atoms. The summed E-state index contributed by atoms with van der Waals surface area (Å²) in [7, 11) is -2.52. The molecule has 0 saturated carbocycles. The maximum absolute atomic E-state index is 12.7. The average Bonchev–Trinajstić information content (AvgIpc) is 2.59. The Labute approximate surface area is 143 Å². The van der Waals surface area contributed by atoms with Gasteiger partial charge in [0.2, 0.25) is 5.82 Å². The first kappa shape index (κ1) is 20.8. The normalized spacial score (nSPS) is 9.92. The number of anilines is 1. The molecule has 136 valence electrons. The van der Waals surface area contributed by atoms with Crippen LogP contribution in [0.2, 0.25) is 0 Å². The number of halogens is 4. The van der Waals surface area contributed by atoms with Crippen LogP contribution >= 0.6 is 0 Å². The van der Waals surface area contributed by atoms with Crippen molar-refractivity contribution in [3.63, 3.8) is 0 Å². The second kappa shape index (κ2) is 9.90. The molecular weight excluding hydrogens is 341 g/mol. The summed E-state index contributed by atoms with van der Waals surface area (Å²) in [5, 5.41) is 16.4. The Kier molecular flexibility index (Phi) is 8.23. The van der Waals surface area contributed by atoms with E-state index in [2.05, 4.69) is 47.7 Å². The summed E-state index contributed by atoms with van der Waals surface area (Å²) < 4.78 is 53.9. The summed E-state index contributed by atoms with van der Waals surface area (Å²) in [6.45, 7) is 6.52. The highest BCUT2D eigenvalue weighted by Crippen LogP contribution is 2.25. The predicted molar refractivity (Wildman–Crippen MR) is 87.1 cm³/mol. The zero-order chi connectivity index (χ0) is 19.0. The molecular formula is C16H18BF4NO3. The van der Waals surface area contributed by atoms with E-state index < -0.39 is 36.3 Å². The number of rotatable bonds is 5. The third-order valence-corrected chi connectivity index (χ3v) is 3.18. The van der Waals surface area contributed by atoms with Crippen molar-refractivity contribution >= 4 is 13.0 Å². The van der Waals surface area contributed by atoms with Crippen LogP contribution in [-0.2, 0) is 0 Å². The second-order valence-corrected chi connectivity index (χ2v) is 4.75. The van der Waals surface area contributed by atoms with Crippen molar-refractivity contribution in [1.82, 2.24) is 0 Å². The van der Waals surface area contributed by atoms with Crippen LogP contribution in [0.4, 0.5) is 23.2 Å². The van der Waals surface area contributed by atoms with Gasteiger partial charge in [-0.05, 0) is 26.0 Å². The first-order valence-corrected chi connectivity index (χ1v) is 7.47. The van der Waals surface area contributed by atoms with Gasteiger partial charge in [0, 0.05) is 24.8 Å². The van der Waals surface area contributed by atoms with Gasteiger partial charge in [-0.3, -0.25) is 0 Å². The summed E-state index contributed by atoms with van der Waals surface area (Å²) in [6.07, 6.45) is 0. The van der Waals surface area contributed by atoms with Gasteiger partial charge in [-0.15, -0.1) is 0 Å². The van der Waals surface area contributed by atoms with Crippen LogP contribution in [0.1, 0.15) is 13.8 Å². The van der Waals surface area contributed by atoms with E-state index >= 15 is 0 Å². The Morgan fingerprint density at radius 3 is 1.96 bits per heavy atom. The largest absolute Gasteiger partial charge is 0.707 e. The minimum Gasteiger partial charge on any atom is -0.507 e. The Morgan fingerprint density at radius 2 is 1.48 bits per heavy atom. The van der Waals surface area contributed by atoms with Gasteiger partial charge in [0.15, 0.2) is 23.2 Å². The van der Waals surface area contributed by atoms with Crippen molar-refractivity contribution < 1.29 is 32.3 Å². The van der Waals surface area contributed by atoms with Crippen LogP contribution in [0, 0.1) is 23.3 Å². The van der Waals surface area contributed by atoms with Crippen molar-refractivity contribution in [3.8, 4) is 5.75 Å². The van der Waals surface area contributed by atoms with Gasteiger partial charge >= 0.3 is 7.32 Å². The molecule has 0 aliphatic rings. The average molecular weight is 359 g/mol. The Bertz CT molecular complexity index is 670. The van der Waals surface area contributed by atoms with Crippen molar-refractivity contribution in [3.05, 3.63) is 59.7 Å². The highest BCUT2D eigenvalue weighted by Gasteiger charge is 2.24. The first-order chi connectivity index (χ1) is 11.8. The molecule has 0 unspecified atom stereocenters. The van der Waals surface area contributed by atoms with E-state index in [1.54, 1.807) is 0 Å². The molecule has 0 atom stereocenters. The summed E-state index contributed by atoms with van der Waals surface area (Å²) in [4.78, 5) is 2.33. The lowest BCUT2D eigenvalue weighted by Crippen LogP contribution is -2.22. The zero-order valence-electron chi connectivity index (χ0n) is 13.7. The molecule has 0 aliphatic carbocycles. The maximum Gasteiger partial charge on any atom is 0.707 e. The second-order valence-electron chi connectivity index (χ2n) is 4.75. The Balaban J connectivity index is 0.000000257. The molecule has 0 saturated heterocycles. The monoisotopic (exact) mass is 359 g/mol. The summed E-state index contributed by atoms with van der Waals surface area (Å²) in [5.74, 6) is -8.62. The fourth-order valence-corrected chi connectivity index (χ4v) is 1.99. The van der Waals surface area contributed by atoms with Crippen molar-refractivity contribution in [1.29, 1.82) is 0 Å². The van der Waals surface area contributed by atoms with E-state index in [9.17, 15) is 17.6 Å². The number of para-hydroxylation sites is 1. The van der Waals surface area contributed by atoms with E-state index in [1.165, 1.54) is 5.69 Å². The maximum atomic E-state index is 12.7. The molecule has 0 heterocycles. The van der Waals surface area contributed by atoms with Crippen LogP contribution in [0.25, 0.3) is 0 Å². The lowest BCUT2D eigenvalue weighted by atomic mass is 10.2. The third kappa shape index (κ3) is 5.95. The van der Waals surface area contributed by atoms with Crippen molar-refractivity contribution in [2.45, 2.75) is 13.8 Å². The van der Waals surface area contributed by atoms with E-state index in [0.717, 1.165) is 13.1 Å². The van der Waals surface area contributed by atoms with Gasteiger partial charge < -0.3 is 19.6 Å². The molecule has 0 amide bonds. The Morgan fingerprint density at radius 1 is 0.920 bits per heavy atom. The molecule has 2 aromatic rings. The smallest absolute Gasteiger partial charge is 0.507 e. The van der Waals surface area contributed by atoms with Crippen LogP contribution in [0.3, 0.4) is 0 Å². The summed E-state index contributed by atoms with van der Waals surface area (Å²) in [5.41, 5.74) is 1.32. The fourth-order valence-electron chi connectivity index (χ4n) is 1.99. The van der Waals surface area contributed by atoms with Gasteiger partial charge in [-0.1, -0.05) is 18.2 Å². The fraction of sp³-hybridized carbons (Fsp3) is 0.250. The highest BCUT2D eigenvalue weighted by molar-refractivity contribution is 6.33. The van der Waals surface area contributed by atoms with Gasteiger partial charge in [-0.2, -0.15) is 4.39 Å². The van der Waals surface area contributed by atoms with Crippen molar-refractivity contribution in [2.24, 2.45) is 0 Å². The molecule has 2 rings (SSSR count). The van der Waals surface area contributed by atoms with Crippen molar-refractivity contribution in [2.75, 3.05) is 18.0 Å². The molecule has 2 N–H and O–H groups in total. The predicted octanol–water partition coefficient (Wildman–Crippen LogP) is 3.12. The number of hydrogen-bond acceptors (Lipinski definition) is 4. The topological polar surface area (TPSA) is 52.9 Å². The minimum absolute atomic E-state index is 0.0239. The molecule has 0 fully saturated rings. The van der Waals surface area contributed by atoms with Crippen LogP contribution in [-0.4, -0.2) is 30.5 Å². The van der Waals surface area contributed by atoms with E-state index in [1.807, 2.05) is 6.07 Å². The standard InChI is InChI=1S/C10H15N.C6H3BF4O3/c1-3-11(4-2)10-8-6-5-7-9-10;8-2-1-3(9)6(14-7(12)13)5(11)4(2)10/h5-9H,3-4H2,1-2H3;1,12-13H. The molecule has 0 radical (unpaired) electrons. The molecule has 0 aliphatic heterocycles. The van der Waals surface area contributed by atoms with Crippen LogP contribution in [0.15, 0.2) is 36.4 Å². The number of hydrogen-bond donors (Lipinski definition) is 2. The summed E-state index contributed by atoms with van der Waals surface area (Å²) in [6, 6.07) is 10.5. The van der Waals surface area contributed by atoms with E-state index in [0.29, 0.717) is 0 Å². The molecule has 4 nitrogen and oxygen atoms in total. The lowest BCUT2D eigenvalue weighted by molar-refractivity contribution is 0.269. The van der Waals surface area contributed by atoms with E-state index in [4.69, 9.17) is 10.0 Å². The number of nitrogens with zero attached hydrogens (tertiary/aromatic N) is 1. The molecule has 25 heavy (non-hydrogen) atoms. The molecule has 2 aromatic carbocycles. The van der Waals surface area contributed by atoms with Crippen LogP contribution in [0.5, 0.6) is 5.75 Å². The zero-order valence-corrected chi connectivity index (χ0v) is 13.7. The van der Waals surface area contributed by atoms with Gasteiger partial charge in [-0.25, -0.2) is 13.2 Å². The summed E-state index contributed by atoms with van der Waals surface area (Å²) >= 11 is 0. The van der Waals surface area contributed by atoms with Gasteiger partial charge in [0.1, 0.15) is 0 Å². The Hall–Kier alpha value is -2.26. The van der Waals surface area contributed by atoms with Gasteiger partial charge in [0.05, 0.1) is 0 Å². The number of benzene rings is 2. The first-order valence-electron chi connectivity index (χ1n) is 7.47.